The van der Waals surface area contributed by atoms with Gasteiger partial charge in [0.2, 0.25) is 5.95 Å². The number of hydrogen-bond donors (Lipinski definition) is 3. The maximum absolute atomic E-state index is 13.3. The minimum Gasteiger partial charge on any atom is -0.393 e. The van der Waals surface area contributed by atoms with Crippen LogP contribution in [-0.2, 0) is 18.9 Å². The van der Waals surface area contributed by atoms with Gasteiger partial charge in [-0.25, -0.2) is 4.98 Å². The lowest BCUT2D eigenvalue weighted by Crippen LogP contribution is -2.30. The van der Waals surface area contributed by atoms with Crippen LogP contribution in [0.4, 0.5) is 38.1 Å². The summed E-state index contributed by atoms with van der Waals surface area (Å²) in [6.07, 6.45) is -6.42. The Morgan fingerprint density at radius 1 is 1.00 bits per heavy atom. The topological polar surface area (TPSA) is 83.0 Å². The molecule has 2 heterocycles. The van der Waals surface area contributed by atoms with Crippen LogP contribution in [0.25, 0.3) is 0 Å². The average molecular weight is 435 g/mol. The molecule has 0 aromatic carbocycles. The second kappa shape index (κ2) is 8.62. The zero-order valence-electron chi connectivity index (χ0n) is 15.6. The van der Waals surface area contributed by atoms with Crippen LogP contribution in [0.2, 0.25) is 0 Å². The molecule has 0 aliphatic heterocycles. The van der Waals surface area contributed by atoms with Crippen LogP contribution in [0.3, 0.4) is 0 Å². The molecular weight excluding hydrogens is 416 g/mol. The minimum atomic E-state index is -4.71. The molecule has 0 spiro atoms. The number of nitrogens with zero attached hydrogens (tertiary/aromatic N) is 3. The molecule has 0 amide bonds. The van der Waals surface area contributed by atoms with Crippen LogP contribution in [-0.4, -0.2) is 32.2 Å². The first-order valence-electron chi connectivity index (χ1n) is 9.18. The lowest BCUT2D eigenvalue weighted by molar-refractivity contribution is -0.141. The molecule has 0 bridgehead atoms. The van der Waals surface area contributed by atoms with Crippen molar-refractivity contribution in [1.29, 1.82) is 0 Å². The monoisotopic (exact) mass is 435 g/mol. The van der Waals surface area contributed by atoms with Crippen molar-refractivity contribution in [3.63, 3.8) is 0 Å². The van der Waals surface area contributed by atoms with Gasteiger partial charge in [0.05, 0.1) is 6.10 Å². The zero-order chi connectivity index (χ0) is 21.9. The molecule has 0 unspecified atom stereocenters. The fraction of sp³-hybridized carbons (Fsp3) is 0.500. The Balaban J connectivity index is 1.80. The Hall–Kier alpha value is -2.63. The van der Waals surface area contributed by atoms with E-state index in [2.05, 4.69) is 25.6 Å². The zero-order valence-corrected chi connectivity index (χ0v) is 15.6. The van der Waals surface area contributed by atoms with Crippen LogP contribution in [0, 0.1) is 0 Å². The first-order valence-corrected chi connectivity index (χ1v) is 9.18. The summed E-state index contributed by atoms with van der Waals surface area (Å²) in [7, 11) is 0. The summed E-state index contributed by atoms with van der Waals surface area (Å²) in [5.74, 6) is -0.707. The number of nitrogens with one attached hydrogen (secondary N) is 2. The molecular formula is C18H19F6N5O. The summed E-state index contributed by atoms with van der Waals surface area (Å²) in [5, 5.41) is 14.8. The molecule has 1 saturated carbocycles. The highest BCUT2D eigenvalue weighted by molar-refractivity contribution is 5.49. The number of hydrogen-bond acceptors (Lipinski definition) is 6. The van der Waals surface area contributed by atoms with Crippen molar-refractivity contribution < 1.29 is 31.4 Å². The third-order valence-electron chi connectivity index (χ3n) is 4.73. The fourth-order valence-corrected chi connectivity index (χ4v) is 3.21. The highest BCUT2D eigenvalue weighted by Crippen LogP contribution is 2.35. The van der Waals surface area contributed by atoms with E-state index in [1.807, 2.05) is 0 Å². The molecule has 0 saturated heterocycles. The van der Waals surface area contributed by atoms with Gasteiger partial charge in [0.1, 0.15) is 17.1 Å². The van der Waals surface area contributed by atoms with Gasteiger partial charge in [-0.1, -0.05) is 6.07 Å². The highest BCUT2D eigenvalue weighted by Gasteiger charge is 2.37. The number of pyridine rings is 1. The van der Waals surface area contributed by atoms with Gasteiger partial charge in [0.25, 0.3) is 0 Å². The second-order valence-corrected chi connectivity index (χ2v) is 6.97. The number of aliphatic hydroxyl groups is 1. The molecule has 3 rings (SSSR count). The molecule has 30 heavy (non-hydrogen) atoms. The van der Waals surface area contributed by atoms with Crippen LogP contribution in [0.15, 0.2) is 24.5 Å². The van der Waals surface area contributed by atoms with E-state index in [4.69, 9.17) is 0 Å². The molecule has 6 nitrogen and oxygen atoms in total. The number of alkyl halides is 6. The lowest BCUT2D eigenvalue weighted by atomic mass is 9.93. The average Bonchev–Trinajstić information content (AvgIpc) is 2.67. The Morgan fingerprint density at radius 3 is 2.33 bits per heavy atom. The van der Waals surface area contributed by atoms with E-state index in [9.17, 15) is 31.4 Å². The SMILES string of the molecule is OC1CCC(Nc2nc(NCc3cccnc3C(F)(F)F)ncc2C(F)(F)F)CC1. The molecule has 12 heteroatoms. The van der Waals surface area contributed by atoms with Gasteiger partial charge >= 0.3 is 12.4 Å². The minimum absolute atomic E-state index is 0.190. The molecule has 3 N–H and O–H groups in total. The van der Waals surface area contributed by atoms with Crippen molar-refractivity contribution >= 4 is 11.8 Å². The standard InChI is InChI=1S/C18H19F6N5O/c19-17(20,21)13-9-27-16(29-15(13)28-11-3-5-12(30)6-4-11)26-8-10-2-1-7-25-14(10)18(22,23)24/h1-2,7,9,11-12,30H,3-6,8H2,(H2,26,27,28,29). The quantitative estimate of drug-likeness (QED) is 0.610. The summed E-state index contributed by atoms with van der Waals surface area (Å²) >= 11 is 0. The largest absolute Gasteiger partial charge is 0.433 e. The smallest absolute Gasteiger partial charge is 0.393 e. The van der Waals surface area contributed by atoms with Crippen LogP contribution in [0.5, 0.6) is 0 Å². The summed E-state index contributed by atoms with van der Waals surface area (Å²) in [4.78, 5) is 10.8. The summed E-state index contributed by atoms with van der Waals surface area (Å²) < 4.78 is 79.1. The van der Waals surface area contributed by atoms with Gasteiger partial charge < -0.3 is 15.7 Å². The van der Waals surface area contributed by atoms with Crippen molar-refractivity contribution in [3.8, 4) is 0 Å². The number of aromatic nitrogens is 3. The van der Waals surface area contributed by atoms with Gasteiger partial charge in [0.15, 0.2) is 0 Å². The number of anilines is 2. The maximum Gasteiger partial charge on any atom is 0.433 e. The van der Waals surface area contributed by atoms with E-state index in [1.54, 1.807) is 0 Å². The normalized spacial score (nSPS) is 20.1. The first kappa shape index (κ1) is 22.1. The van der Waals surface area contributed by atoms with E-state index >= 15 is 0 Å². The molecule has 1 fully saturated rings. The number of aliphatic hydroxyl groups excluding tert-OH is 1. The number of halogens is 6. The molecule has 2 aromatic heterocycles. The molecule has 0 atom stereocenters. The predicted molar refractivity (Wildman–Crippen MR) is 95.5 cm³/mol. The van der Waals surface area contributed by atoms with Gasteiger partial charge in [-0.3, -0.25) is 4.98 Å². The van der Waals surface area contributed by atoms with Crippen molar-refractivity contribution in [3.05, 3.63) is 41.3 Å². The summed E-state index contributed by atoms with van der Waals surface area (Å²) in [6.45, 7) is -0.372. The molecule has 2 aromatic rings. The number of rotatable bonds is 5. The molecule has 1 aliphatic carbocycles. The molecule has 1 aliphatic rings. The van der Waals surface area contributed by atoms with Crippen LogP contribution in [0.1, 0.15) is 42.5 Å². The molecule has 164 valence electrons. The summed E-state index contributed by atoms with van der Waals surface area (Å²) in [5.41, 5.74) is -2.36. The van der Waals surface area contributed by atoms with E-state index < -0.39 is 35.5 Å². The Morgan fingerprint density at radius 2 is 1.70 bits per heavy atom. The van der Waals surface area contributed by atoms with Crippen molar-refractivity contribution in [2.24, 2.45) is 0 Å². The van der Waals surface area contributed by atoms with E-state index in [0.29, 0.717) is 31.9 Å². The Kier molecular flexibility index (Phi) is 6.34. The predicted octanol–water partition coefficient (Wildman–Crippen LogP) is 4.24. The fourth-order valence-electron chi connectivity index (χ4n) is 3.21. The van der Waals surface area contributed by atoms with E-state index in [-0.39, 0.29) is 24.1 Å². The third kappa shape index (κ3) is 5.49. The Bertz CT molecular complexity index is 865. The Labute approximate surface area is 167 Å². The van der Waals surface area contributed by atoms with Gasteiger partial charge in [0, 0.05) is 30.5 Å². The molecule has 0 radical (unpaired) electrons. The van der Waals surface area contributed by atoms with Gasteiger partial charge in [-0.05, 0) is 31.7 Å². The summed E-state index contributed by atoms with van der Waals surface area (Å²) in [6, 6.07) is 2.22. The highest BCUT2D eigenvalue weighted by atomic mass is 19.4. The van der Waals surface area contributed by atoms with Crippen molar-refractivity contribution in [2.45, 2.75) is 56.7 Å². The maximum atomic E-state index is 13.3. The van der Waals surface area contributed by atoms with Crippen LogP contribution >= 0.6 is 0 Å². The van der Waals surface area contributed by atoms with Gasteiger partial charge in [-0.2, -0.15) is 31.3 Å². The van der Waals surface area contributed by atoms with Crippen molar-refractivity contribution in [2.75, 3.05) is 10.6 Å². The third-order valence-corrected chi connectivity index (χ3v) is 4.73. The van der Waals surface area contributed by atoms with E-state index in [0.717, 1.165) is 6.20 Å². The second-order valence-electron chi connectivity index (χ2n) is 6.97. The first-order chi connectivity index (χ1) is 14.0. The van der Waals surface area contributed by atoms with Gasteiger partial charge in [-0.15, -0.1) is 0 Å². The van der Waals surface area contributed by atoms with E-state index in [1.165, 1.54) is 12.1 Å². The van der Waals surface area contributed by atoms with Crippen LogP contribution < -0.4 is 10.6 Å². The lowest BCUT2D eigenvalue weighted by Gasteiger charge is -2.27. The van der Waals surface area contributed by atoms with Crippen molar-refractivity contribution in [1.82, 2.24) is 15.0 Å².